The average Bonchev–Trinajstić information content (AvgIpc) is 2.98. The first-order chi connectivity index (χ1) is 12.4. The van der Waals surface area contributed by atoms with Gasteiger partial charge in [-0.05, 0) is 44.4 Å². The molecular weight excluding hydrogens is 334 g/mol. The number of methoxy groups -OCH3 is 1. The van der Waals surface area contributed by atoms with Crippen LogP contribution in [0.1, 0.15) is 28.7 Å². The van der Waals surface area contributed by atoms with Crippen LogP contribution < -0.4 is 10.9 Å². The normalized spacial score (nSPS) is 11.4. The van der Waals surface area contributed by atoms with E-state index < -0.39 is 5.63 Å². The second kappa shape index (κ2) is 7.33. The van der Waals surface area contributed by atoms with Crippen molar-refractivity contribution in [1.82, 2.24) is 5.32 Å². The molecular formula is C20H23NO5. The summed E-state index contributed by atoms with van der Waals surface area (Å²) in [5.74, 6) is -0.113. The molecule has 6 nitrogen and oxygen atoms in total. The molecule has 0 aliphatic rings. The minimum atomic E-state index is -0.398. The van der Waals surface area contributed by atoms with Gasteiger partial charge in [-0.1, -0.05) is 0 Å². The lowest BCUT2D eigenvalue weighted by molar-refractivity contribution is -0.121. The molecule has 1 N–H and O–H groups in total. The van der Waals surface area contributed by atoms with Crippen LogP contribution in [0.2, 0.25) is 0 Å². The van der Waals surface area contributed by atoms with E-state index in [0.29, 0.717) is 30.7 Å². The summed E-state index contributed by atoms with van der Waals surface area (Å²) in [5.41, 5.74) is 4.13. The molecule has 0 atom stereocenters. The zero-order valence-corrected chi connectivity index (χ0v) is 15.5. The van der Waals surface area contributed by atoms with Gasteiger partial charge in [-0.15, -0.1) is 0 Å². The Morgan fingerprint density at radius 3 is 2.65 bits per heavy atom. The van der Waals surface area contributed by atoms with E-state index >= 15 is 0 Å². The third-order valence-corrected chi connectivity index (χ3v) is 4.77. The molecule has 0 radical (unpaired) electrons. The number of hydrogen-bond donors (Lipinski definition) is 1. The summed E-state index contributed by atoms with van der Waals surface area (Å²) in [6, 6.07) is 2.00. The monoisotopic (exact) mass is 357 g/mol. The van der Waals surface area contributed by atoms with E-state index in [1.165, 1.54) is 0 Å². The van der Waals surface area contributed by atoms with Gasteiger partial charge in [0.15, 0.2) is 0 Å². The van der Waals surface area contributed by atoms with Gasteiger partial charge in [0.05, 0.1) is 12.9 Å². The van der Waals surface area contributed by atoms with Crippen LogP contribution in [0, 0.1) is 20.8 Å². The van der Waals surface area contributed by atoms with Gasteiger partial charge in [-0.25, -0.2) is 4.79 Å². The van der Waals surface area contributed by atoms with Gasteiger partial charge in [0.2, 0.25) is 5.91 Å². The van der Waals surface area contributed by atoms with E-state index in [1.54, 1.807) is 13.4 Å². The van der Waals surface area contributed by atoms with Crippen molar-refractivity contribution in [2.24, 2.45) is 0 Å². The third kappa shape index (κ3) is 3.24. The predicted octanol–water partition coefficient (Wildman–Crippen LogP) is 3.16. The highest BCUT2D eigenvalue weighted by Crippen LogP contribution is 2.32. The second-order valence-corrected chi connectivity index (χ2v) is 6.51. The summed E-state index contributed by atoms with van der Waals surface area (Å²) in [7, 11) is 1.58. The number of ether oxygens (including phenoxy) is 1. The lowest BCUT2D eigenvalue weighted by atomic mass is 9.98. The van der Waals surface area contributed by atoms with Crippen LogP contribution in [0.25, 0.3) is 21.9 Å². The lowest BCUT2D eigenvalue weighted by Crippen LogP contribution is -2.27. The molecule has 0 aliphatic carbocycles. The highest BCUT2D eigenvalue weighted by molar-refractivity contribution is 5.99. The standard InChI is InChI=1S/C20H23NO5/c1-11-10-25-18-13(3)19-16(9-15(11)18)12(2)14(20(23)26-19)5-6-17(22)21-7-8-24-4/h9-10H,5-8H2,1-4H3,(H,21,22). The molecule has 3 aromatic rings. The summed E-state index contributed by atoms with van der Waals surface area (Å²) >= 11 is 0. The molecule has 0 fully saturated rings. The first-order valence-corrected chi connectivity index (χ1v) is 8.63. The van der Waals surface area contributed by atoms with E-state index in [-0.39, 0.29) is 12.3 Å². The highest BCUT2D eigenvalue weighted by Gasteiger charge is 2.17. The number of benzene rings is 1. The van der Waals surface area contributed by atoms with E-state index in [9.17, 15) is 9.59 Å². The minimum Gasteiger partial charge on any atom is -0.464 e. The van der Waals surface area contributed by atoms with Crippen LogP contribution in [0.4, 0.5) is 0 Å². The number of hydrogen-bond acceptors (Lipinski definition) is 5. The van der Waals surface area contributed by atoms with Crippen LogP contribution >= 0.6 is 0 Å². The number of aryl methyl sites for hydroxylation is 3. The fraction of sp³-hybridized carbons (Fsp3) is 0.400. The van der Waals surface area contributed by atoms with Gasteiger partial charge in [0.1, 0.15) is 11.2 Å². The van der Waals surface area contributed by atoms with Crippen LogP contribution in [-0.2, 0) is 16.0 Å². The van der Waals surface area contributed by atoms with Crippen molar-refractivity contribution < 1.29 is 18.4 Å². The number of amides is 1. The van der Waals surface area contributed by atoms with E-state index in [1.807, 2.05) is 26.8 Å². The molecule has 1 aromatic carbocycles. The van der Waals surface area contributed by atoms with Crippen LogP contribution in [-0.4, -0.2) is 26.2 Å². The van der Waals surface area contributed by atoms with Crippen molar-refractivity contribution in [3.63, 3.8) is 0 Å². The van der Waals surface area contributed by atoms with Crippen molar-refractivity contribution in [2.45, 2.75) is 33.6 Å². The van der Waals surface area contributed by atoms with Gasteiger partial charge < -0.3 is 18.9 Å². The smallest absolute Gasteiger partial charge is 0.339 e. The molecule has 0 spiro atoms. The fourth-order valence-corrected chi connectivity index (χ4v) is 3.23. The third-order valence-electron chi connectivity index (χ3n) is 4.77. The largest absolute Gasteiger partial charge is 0.464 e. The fourth-order valence-electron chi connectivity index (χ4n) is 3.23. The molecule has 2 aromatic heterocycles. The zero-order valence-electron chi connectivity index (χ0n) is 15.5. The van der Waals surface area contributed by atoms with Gasteiger partial charge in [-0.2, -0.15) is 0 Å². The van der Waals surface area contributed by atoms with E-state index in [4.69, 9.17) is 13.6 Å². The Balaban J connectivity index is 1.96. The Morgan fingerprint density at radius 1 is 1.15 bits per heavy atom. The van der Waals surface area contributed by atoms with Crippen molar-refractivity contribution in [3.8, 4) is 0 Å². The molecule has 138 valence electrons. The molecule has 0 unspecified atom stereocenters. The summed E-state index contributed by atoms with van der Waals surface area (Å²) in [6.45, 7) is 6.69. The minimum absolute atomic E-state index is 0.113. The van der Waals surface area contributed by atoms with Crippen molar-refractivity contribution in [2.75, 3.05) is 20.3 Å². The maximum absolute atomic E-state index is 12.5. The SMILES string of the molecule is COCCNC(=O)CCc1c(C)c2cc3c(C)coc3c(C)c2oc1=O. The molecule has 3 rings (SSSR count). The van der Waals surface area contributed by atoms with Crippen LogP contribution in [0.3, 0.4) is 0 Å². The number of carbonyl (C=O) groups is 1. The van der Waals surface area contributed by atoms with E-state index in [0.717, 1.165) is 33.0 Å². The number of carbonyl (C=O) groups excluding carboxylic acids is 1. The van der Waals surface area contributed by atoms with Crippen molar-refractivity contribution in [1.29, 1.82) is 0 Å². The van der Waals surface area contributed by atoms with Gasteiger partial charge in [0, 0.05) is 42.0 Å². The molecule has 6 heteroatoms. The second-order valence-electron chi connectivity index (χ2n) is 6.51. The Labute approximate surface area is 151 Å². The zero-order chi connectivity index (χ0) is 18.8. The Hall–Kier alpha value is -2.60. The molecule has 0 saturated heterocycles. The van der Waals surface area contributed by atoms with Gasteiger partial charge >= 0.3 is 5.63 Å². The molecule has 0 aliphatic heterocycles. The number of fused-ring (bicyclic) bond motifs is 2. The van der Waals surface area contributed by atoms with Crippen LogP contribution in [0.15, 0.2) is 26.0 Å². The van der Waals surface area contributed by atoms with Gasteiger partial charge in [-0.3, -0.25) is 4.79 Å². The lowest BCUT2D eigenvalue weighted by Gasteiger charge is -2.10. The Bertz CT molecular complexity index is 1030. The molecule has 1 amide bonds. The van der Waals surface area contributed by atoms with Crippen molar-refractivity contribution in [3.05, 3.63) is 45.0 Å². The quantitative estimate of drug-likeness (QED) is 0.541. The molecule has 2 heterocycles. The van der Waals surface area contributed by atoms with Crippen LogP contribution in [0.5, 0.6) is 0 Å². The van der Waals surface area contributed by atoms with E-state index in [2.05, 4.69) is 5.32 Å². The predicted molar refractivity (Wildman–Crippen MR) is 99.7 cm³/mol. The number of furan rings is 1. The van der Waals surface area contributed by atoms with Crippen molar-refractivity contribution >= 4 is 27.8 Å². The Kier molecular flexibility index (Phi) is 5.13. The summed E-state index contributed by atoms with van der Waals surface area (Å²) < 4.78 is 16.1. The van der Waals surface area contributed by atoms with Gasteiger partial charge in [0.25, 0.3) is 0 Å². The maximum atomic E-state index is 12.5. The number of nitrogens with one attached hydrogen (secondary N) is 1. The molecule has 26 heavy (non-hydrogen) atoms. The molecule has 0 bridgehead atoms. The first kappa shape index (κ1) is 18.2. The molecule has 0 saturated carbocycles. The topological polar surface area (TPSA) is 81.7 Å². The highest BCUT2D eigenvalue weighted by atomic mass is 16.5. The summed E-state index contributed by atoms with van der Waals surface area (Å²) in [4.78, 5) is 24.4. The Morgan fingerprint density at radius 2 is 1.92 bits per heavy atom. The average molecular weight is 357 g/mol. The summed E-state index contributed by atoms with van der Waals surface area (Å²) in [6.07, 6.45) is 2.27. The first-order valence-electron chi connectivity index (χ1n) is 8.63. The summed E-state index contributed by atoms with van der Waals surface area (Å²) in [5, 5.41) is 4.65. The maximum Gasteiger partial charge on any atom is 0.339 e. The number of rotatable bonds is 6.